The summed E-state index contributed by atoms with van der Waals surface area (Å²) >= 11 is 0. The number of nitro groups is 1. The van der Waals surface area contributed by atoms with Gasteiger partial charge in [-0.05, 0) is 31.4 Å². The first-order valence-corrected chi connectivity index (χ1v) is 6.74. The zero-order valence-corrected chi connectivity index (χ0v) is 11.6. The van der Waals surface area contributed by atoms with Crippen LogP contribution in [0.3, 0.4) is 0 Å². The summed E-state index contributed by atoms with van der Waals surface area (Å²) in [5.74, 6) is 0. The Labute approximate surface area is 117 Å². The van der Waals surface area contributed by atoms with E-state index in [1.54, 1.807) is 12.1 Å². The van der Waals surface area contributed by atoms with E-state index in [-0.39, 0.29) is 22.6 Å². The van der Waals surface area contributed by atoms with Crippen molar-refractivity contribution in [3.05, 3.63) is 33.9 Å². The maximum Gasteiger partial charge on any atom is 0.292 e. The molecule has 6 heteroatoms. The van der Waals surface area contributed by atoms with Gasteiger partial charge in [0.2, 0.25) is 0 Å². The fourth-order valence-corrected chi connectivity index (χ4v) is 2.54. The molecule has 1 saturated heterocycles. The average molecular weight is 280 g/mol. The summed E-state index contributed by atoms with van der Waals surface area (Å²) in [5.41, 5.74) is 1.33. The van der Waals surface area contributed by atoms with Gasteiger partial charge in [-0.3, -0.25) is 10.1 Å². The van der Waals surface area contributed by atoms with Gasteiger partial charge in [0.05, 0.1) is 11.5 Å². The monoisotopic (exact) mass is 280 g/mol. The molecule has 0 unspecified atom stereocenters. The SMILES string of the molecule is Cc1ccc(NC[C@]2(CCO)CCOC2)c([N+](=O)[O-])c1. The fourth-order valence-electron chi connectivity index (χ4n) is 2.54. The summed E-state index contributed by atoms with van der Waals surface area (Å²) in [7, 11) is 0. The standard InChI is InChI=1S/C14H20N2O4/c1-11-2-3-12(13(8-11)16(18)19)15-9-14(4-6-17)5-7-20-10-14/h2-3,8,15,17H,4-7,9-10H2,1H3/t14-/m0/s1. The Morgan fingerprint density at radius 1 is 1.55 bits per heavy atom. The number of aryl methyl sites for hydroxylation is 1. The number of anilines is 1. The summed E-state index contributed by atoms with van der Waals surface area (Å²) in [4.78, 5) is 10.7. The molecule has 20 heavy (non-hydrogen) atoms. The average Bonchev–Trinajstić information content (AvgIpc) is 2.86. The van der Waals surface area contributed by atoms with E-state index < -0.39 is 0 Å². The van der Waals surface area contributed by atoms with Gasteiger partial charge in [0.15, 0.2) is 0 Å². The third-order valence-corrected chi connectivity index (χ3v) is 3.83. The van der Waals surface area contributed by atoms with E-state index in [9.17, 15) is 15.2 Å². The van der Waals surface area contributed by atoms with Crippen molar-refractivity contribution in [2.75, 3.05) is 31.7 Å². The third kappa shape index (κ3) is 3.26. The minimum atomic E-state index is -0.376. The molecule has 0 aliphatic carbocycles. The van der Waals surface area contributed by atoms with Crippen LogP contribution in [0.15, 0.2) is 18.2 Å². The lowest BCUT2D eigenvalue weighted by atomic mass is 9.84. The highest BCUT2D eigenvalue weighted by Gasteiger charge is 2.34. The van der Waals surface area contributed by atoms with Crippen LogP contribution in [0.1, 0.15) is 18.4 Å². The minimum Gasteiger partial charge on any atom is -0.396 e. The smallest absolute Gasteiger partial charge is 0.292 e. The van der Waals surface area contributed by atoms with Crippen LogP contribution in [0.2, 0.25) is 0 Å². The van der Waals surface area contributed by atoms with E-state index in [1.165, 1.54) is 0 Å². The molecule has 6 nitrogen and oxygen atoms in total. The first-order valence-electron chi connectivity index (χ1n) is 6.74. The van der Waals surface area contributed by atoms with Crippen LogP contribution in [-0.2, 0) is 4.74 Å². The van der Waals surface area contributed by atoms with Crippen LogP contribution in [0, 0.1) is 22.5 Å². The van der Waals surface area contributed by atoms with Crippen molar-refractivity contribution in [3.8, 4) is 0 Å². The molecular formula is C14H20N2O4. The molecule has 2 rings (SSSR count). The summed E-state index contributed by atoms with van der Waals surface area (Å²) in [6, 6.07) is 5.14. The number of hydrogen-bond acceptors (Lipinski definition) is 5. The van der Waals surface area contributed by atoms with Crippen molar-refractivity contribution in [2.24, 2.45) is 5.41 Å². The number of aliphatic hydroxyl groups is 1. The Hall–Kier alpha value is -1.66. The predicted molar refractivity (Wildman–Crippen MR) is 75.9 cm³/mol. The lowest BCUT2D eigenvalue weighted by Gasteiger charge is -2.27. The van der Waals surface area contributed by atoms with Crippen molar-refractivity contribution < 1.29 is 14.8 Å². The maximum atomic E-state index is 11.1. The largest absolute Gasteiger partial charge is 0.396 e. The number of rotatable bonds is 6. The Balaban J connectivity index is 2.12. The number of ether oxygens (including phenoxy) is 1. The number of hydrogen-bond donors (Lipinski definition) is 2. The number of nitrogens with one attached hydrogen (secondary N) is 1. The first-order chi connectivity index (χ1) is 9.56. The second-order valence-corrected chi connectivity index (χ2v) is 5.41. The van der Waals surface area contributed by atoms with Crippen LogP contribution in [0.25, 0.3) is 0 Å². The molecule has 0 spiro atoms. The van der Waals surface area contributed by atoms with E-state index >= 15 is 0 Å². The van der Waals surface area contributed by atoms with E-state index in [1.807, 2.05) is 13.0 Å². The quantitative estimate of drug-likeness (QED) is 0.615. The van der Waals surface area contributed by atoms with Crippen LogP contribution >= 0.6 is 0 Å². The molecule has 110 valence electrons. The molecule has 1 aliphatic rings. The summed E-state index contributed by atoms with van der Waals surface area (Å²) in [6.07, 6.45) is 1.50. The van der Waals surface area contributed by atoms with Gasteiger partial charge < -0.3 is 15.2 Å². The van der Waals surface area contributed by atoms with Crippen molar-refractivity contribution in [1.82, 2.24) is 0 Å². The van der Waals surface area contributed by atoms with Crippen LogP contribution in [0.4, 0.5) is 11.4 Å². The van der Waals surface area contributed by atoms with Gasteiger partial charge in [0.1, 0.15) is 5.69 Å². The fraction of sp³-hybridized carbons (Fsp3) is 0.571. The number of nitrogens with zero attached hydrogens (tertiary/aromatic N) is 1. The van der Waals surface area contributed by atoms with Crippen molar-refractivity contribution in [2.45, 2.75) is 19.8 Å². The lowest BCUT2D eigenvalue weighted by molar-refractivity contribution is -0.384. The zero-order valence-electron chi connectivity index (χ0n) is 11.6. The molecular weight excluding hydrogens is 260 g/mol. The predicted octanol–water partition coefficient (Wildman–Crippen LogP) is 2.10. The van der Waals surface area contributed by atoms with Crippen molar-refractivity contribution in [1.29, 1.82) is 0 Å². The molecule has 1 fully saturated rings. The third-order valence-electron chi connectivity index (χ3n) is 3.83. The second-order valence-electron chi connectivity index (χ2n) is 5.41. The lowest BCUT2D eigenvalue weighted by Crippen LogP contribution is -2.31. The molecule has 1 heterocycles. The molecule has 0 saturated carbocycles. The zero-order chi connectivity index (χ0) is 14.6. The van der Waals surface area contributed by atoms with Gasteiger partial charge in [0, 0.05) is 31.2 Å². The van der Waals surface area contributed by atoms with Gasteiger partial charge in [-0.2, -0.15) is 0 Å². The Morgan fingerprint density at radius 2 is 2.35 bits per heavy atom. The number of aliphatic hydroxyl groups excluding tert-OH is 1. The number of nitro benzene ring substituents is 1. The van der Waals surface area contributed by atoms with Gasteiger partial charge in [-0.1, -0.05) is 6.07 Å². The van der Waals surface area contributed by atoms with Crippen LogP contribution in [-0.4, -0.2) is 36.4 Å². The molecule has 2 N–H and O–H groups in total. The van der Waals surface area contributed by atoms with Gasteiger partial charge in [-0.25, -0.2) is 0 Å². The molecule has 0 bridgehead atoms. The topological polar surface area (TPSA) is 84.6 Å². The molecule has 1 atom stereocenters. The summed E-state index contributed by atoms with van der Waals surface area (Å²) in [6.45, 7) is 3.76. The van der Waals surface area contributed by atoms with E-state index in [2.05, 4.69) is 5.32 Å². The van der Waals surface area contributed by atoms with Gasteiger partial charge in [-0.15, -0.1) is 0 Å². The highest BCUT2D eigenvalue weighted by Crippen LogP contribution is 2.34. The summed E-state index contributed by atoms with van der Waals surface area (Å²) in [5, 5.41) is 23.4. The van der Waals surface area contributed by atoms with E-state index in [0.717, 1.165) is 12.0 Å². The Kier molecular flexibility index (Phi) is 4.57. The van der Waals surface area contributed by atoms with Crippen molar-refractivity contribution >= 4 is 11.4 Å². The van der Waals surface area contributed by atoms with Crippen LogP contribution < -0.4 is 5.32 Å². The molecule has 0 aromatic heterocycles. The minimum absolute atomic E-state index is 0.0862. The molecule has 0 amide bonds. The highest BCUT2D eigenvalue weighted by molar-refractivity contribution is 5.62. The van der Waals surface area contributed by atoms with E-state index in [0.29, 0.717) is 31.9 Å². The molecule has 0 radical (unpaired) electrons. The maximum absolute atomic E-state index is 11.1. The van der Waals surface area contributed by atoms with Gasteiger partial charge in [0.25, 0.3) is 5.69 Å². The van der Waals surface area contributed by atoms with Gasteiger partial charge >= 0.3 is 0 Å². The Morgan fingerprint density at radius 3 is 2.95 bits per heavy atom. The highest BCUT2D eigenvalue weighted by atomic mass is 16.6. The first kappa shape index (κ1) is 14.7. The summed E-state index contributed by atoms with van der Waals surface area (Å²) < 4.78 is 5.41. The Bertz CT molecular complexity index is 484. The molecule has 1 aliphatic heterocycles. The molecule has 1 aromatic rings. The number of benzene rings is 1. The van der Waals surface area contributed by atoms with E-state index in [4.69, 9.17) is 4.74 Å². The molecule has 1 aromatic carbocycles. The van der Waals surface area contributed by atoms with Crippen molar-refractivity contribution in [3.63, 3.8) is 0 Å². The second kappa shape index (κ2) is 6.19. The van der Waals surface area contributed by atoms with Crippen LogP contribution in [0.5, 0.6) is 0 Å². The normalized spacial score (nSPS) is 21.9.